The van der Waals surface area contributed by atoms with E-state index in [0.717, 1.165) is 6.42 Å². The van der Waals surface area contributed by atoms with Crippen molar-refractivity contribution in [2.24, 2.45) is 5.41 Å². The van der Waals surface area contributed by atoms with Crippen molar-refractivity contribution in [1.29, 1.82) is 0 Å². The molecular weight excluding hydrogens is 148 g/mol. The molecule has 1 heteroatoms. The highest BCUT2D eigenvalue weighted by Crippen LogP contribution is 2.46. The van der Waals surface area contributed by atoms with E-state index in [0.29, 0.717) is 5.41 Å². The molecular formula is C11H18O. The molecule has 0 saturated heterocycles. The lowest BCUT2D eigenvalue weighted by atomic mass is 9.66. The van der Waals surface area contributed by atoms with Gasteiger partial charge in [0.1, 0.15) is 0 Å². The zero-order valence-electron chi connectivity index (χ0n) is 7.84. The van der Waals surface area contributed by atoms with Gasteiger partial charge in [-0.25, -0.2) is 0 Å². The second kappa shape index (κ2) is 2.88. The maximum absolute atomic E-state index is 9.49. The number of hydrogen-bond acceptors (Lipinski definition) is 1. The minimum atomic E-state index is -0.147. The number of aliphatic hydroxyl groups excluding tert-OH is 1. The molecule has 1 nitrogen and oxygen atoms in total. The fraction of sp³-hybridized carbons (Fsp3) is 0.818. The Bertz CT molecular complexity index is 207. The van der Waals surface area contributed by atoms with Crippen molar-refractivity contribution in [3.8, 4) is 0 Å². The molecule has 0 radical (unpaired) electrons. The Morgan fingerprint density at radius 1 is 1.42 bits per heavy atom. The molecule has 1 saturated carbocycles. The molecule has 2 aliphatic rings. The summed E-state index contributed by atoms with van der Waals surface area (Å²) in [6.45, 7) is 2.36. The van der Waals surface area contributed by atoms with Crippen molar-refractivity contribution in [3.05, 3.63) is 11.6 Å². The topological polar surface area (TPSA) is 20.2 Å². The van der Waals surface area contributed by atoms with Crippen molar-refractivity contribution in [3.63, 3.8) is 0 Å². The van der Waals surface area contributed by atoms with Gasteiger partial charge in [-0.1, -0.05) is 25.0 Å². The summed E-state index contributed by atoms with van der Waals surface area (Å²) in [5.41, 5.74) is 1.99. The normalized spacial score (nSPS) is 41.8. The molecule has 2 rings (SSSR count). The summed E-state index contributed by atoms with van der Waals surface area (Å²) in [6, 6.07) is 0. The van der Waals surface area contributed by atoms with Crippen LogP contribution in [-0.4, -0.2) is 11.2 Å². The van der Waals surface area contributed by atoms with Crippen LogP contribution in [0.25, 0.3) is 0 Å². The predicted octanol–water partition coefficient (Wildman–Crippen LogP) is 2.65. The van der Waals surface area contributed by atoms with Crippen LogP contribution in [0.1, 0.15) is 45.4 Å². The van der Waals surface area contributed by atoms with Gasteiger partial charge in [0.25, 0.3) is 0 Å². The van der Waals surface area contributed by atoms with Crippen LogP contribution < -0.4 is 0 Å². The number of hydrogen-bond donors (Lipinski definition) is 1. The van der Waals surface area contributed by atoms with E-state index >= 15 is 0 Å². The Labute approximate surface area is 74.5 Å². The molecule has 0 aromatic carbocycles. The molecule has 0 aliphatic heterocycles. The van der Waals surface area contributed by atoms with Crippen LogP contribution in [0, 0.1) is 5.41 Å². The molecule has 0 bridgehead atoms. The first-order valence-electron chi connectivity index (χ1n) is 5.10. The standard InChI is InChI=1S/C11H18O/c1-11-6-3-2-4-9(11)8-10(12)5-7-11/h8,10,12H,2-7H2,1H3/t10-,11?/m0/s1. The lowest BCUT2D eigenvalue weighted by Crippen LogP contribution is -2.29. The van der Waals surface area contributed by atoms with Gasteiger partial charge in [0, 0.05) is 0 Å². The molecule has 68 valence electrons. The van der Waals surface area contributed by atoms with Gasteiger partial charge in [-0.3, -0.25) is 0 Å². The van der Waals surface area contributed by atoms with Gasteiger partial charge in [-0.05, 0) is 37.5 Å². The third-order valence-electron chi connectivity index (χ3n) is 3.59. The van der Waals surface area contributed by atoms with Gasteiger partial charge in [0.15, 0.2) is 0 Å². The van der Waals surface area contributed by atoms with Crippen molar-refractivity contribution >= 4 is 0 Å². The average Bonchev–Trinajstić information content (AvgIpc) is 2.06. The summed E-state index contributed by atoms with van der Waals surface area (Å²) < 4.78 is 0. The minimum absolute atomic E-state index is 0.147. The first-order valence-corrected chi connectivity index (χ1v) is 5.10. The third-order valence-corrected chi connectivity index (χ3v) is 3.59. The van der Waals surface area contributed by atoms with Gasteiger partial charge < -0.3 is 5.11 Å². The fourth-order valence-electron chi connectivity index (χ4n) is 2.65. The van der Waals surface area contributed by atoms with Crippen LogP contribution in [-0.2, 0) is 0 Å². The maximum Gasteiger partial charge on any atom is 0.0724 e. The second-order valence-corrected chi connectivity index (χ2v) is 4.57. The lowest BCUT2D eigenvalue weighted by molar-refractivity contribution is 0.152. The van der Waals surface area contributed by atoms with Crippen LogP contribution >= 0.6 is 0 Å². The van der Waals surface area contributed by atoms with Crippen LogP contribution in [0.4, 0.5) is 0 Å². The minimum Gasteiger partial charge on any atom is -0.389 e. The highest BCUT2D eigenvalue weighted by Gasteiger charge is 2.34. The van der Waals surface area contributed by atoms with Crippen molar-refractivity contribution in [1.82, 2.24) is 0 Å². The average molecular weight is 166 g/mol. The Balaban J connectivity index is 2.23. The molecule has 0 spiro atoms. The maximum atomic E-state index is 9.49. The van der Waals surface area contributed by atoms with E-state index in [1.54, 1.807) is 0 Å². The zero-order valence-corrected chi connectivity index (χ0v) is 7.84. The SMILES string of the molecule is CC12CCCCC1=C[C@@H](O)CC2. The zero-order chi connectivity index (χ0) is 8.60. The highest BCUT2D eigenvalue weighted by molar-refractivity contribution is 5.20. The van der Waals surface area contributed by atoms with Crippen molar-refractivity contribution < 1.29 is 5.11 Å². The first-order chi connectivity index (χ1) is 5.71. The quantitative estimate of drug-likeness (QED) is 0.548. The second-order valence-electron chi connectivity index (χ2n) is 4.57. The van der Waals surface area contributed by atoms with E-state index in [-0.39, 0.29) is 6.10 Å². The van der Waals surface area contributed by atoms with Crippen LogP contribution in [0.3, 0.4) is 0 Å². The summed E-state index contributed by atoms with van der Waals surface area (Å²) in [5, 5.41) is 9.49. The molecule has 0 aromatic heterocycles. The van der Waals surface area contributed by atoms with Gasteiger partial charge in [0.05, 0.1) is 6.10 Å². The van der Waals surface area contributed by atoms with E-state index in [4.69, 9.17) is 0 Å². The first kappa shape index (κ1) is 8.31. The molecule has 1 fully saturated rings. The highest BCUT2D eigenvalue weighted by atomic mass is 16.3. The molecule has 0 amide bonds. The predicted molar refractivity (Wildman–Crippen MR) is 49.9 cm³/mol. The Hall–Kier alpha value is -0.300. The fourth-order valence-corrected chi connectivity index (χ4v) is 2.65. The third kappa shape index (κ3) is 1.31. The van der Waals surface area contributed by atoms with Gasteiger partial charge in [-0.2, -0.15) is 0 Å². The molecule has 1 N–H and O–H groups in total. The number of fused-ring (bicyclic) bond motifs is 1. The van der Waals surface area contributed by atoms with Crippen LogP contribution in [0.15, 0.2) is 11.6 Å². The van der Waals surface area contributed by atoms with E-state index in [1.807, 2.05) is 0 Å². The monoisotopic (exact) mass is 166 g/mol. The van der Waals surface area contributed by atoms with Gasteiger partial charge >= 0.3 is 0 Å². The van der Waals surface area contributed by atoms with Crippen molar-refractivity contribution in [2.45, 2.75) is 51.6 Å². The van der Waals surface area contributed by atoms with Gasteiger partial charge in [-0.15, -0.1) is 0 Å². The van der Waals surface area contributed by atoms with Crippen LogP contribution in [0.2, 0.25) is 0 Å². The molecule has 0 aromatic rings. The Morgan fingerprint density at radius 3 is 3.08 bits per heavy atom. The molecule has 1 unspecified atom stereocenters. The van der Waals surface area contributed by atoms with Crippen LogP contribution in [0.5, 0.6) is 0 Å². The van der Waals surface area contributed by atoms with E-state index in [2.05, 4.69) is 13.0 Å². The lowest BCUT2D eigenvalue weighted by Gasteiger charge is -2.40. The molecule has 2 aliphatic carbocycles. The summed E-state index contributed by atoms with van der Waals surface area (Å²) in [7, 11) is 0. The Morgan fingerprint density at radius 2 is 2.25 bits per heavy atom. The summed E-state index contributed by atoms with van der Waals surface area (Å²) in [5.74, 6) is 0. The Kier molecular flexibility index (Phi) is 1.99. The molecule has 2 atom stereocenters. The summed E-state index contributed by atoms with van der Waals surface area (Å²) in [4.78, 5) is 0. The summed E-state index contributed by atoms with van der Waals surface area (Å²) >= 11 is 0. The molecule has 12 heavy (non-hydrogen) atoms. The van der Waals surface area contributed by atoms with E-state index in [1.165, 1.54) is 37.7 Å². The van der Waals surface area contributed by atoms with E-state index < -0.39 is 0 Å². The smallest absolute Gasteiger partial charge is 0.0724 e. The van der Waals surface area contributed by atoms with Gasteiger partial charge in [0.2, 0.25) is 0 Å². The number of aliphatic hydroxyl groups is 1. The number of allylic oxidation sites excluding steroid dienone is 1. The van der Waals surface area contributed by atoms with Crippen molar-refractivity contribution in [2.75, 3.05) is 0 Å². The largest absolute Gasteiger partial charge is 0.389 e. The number of rotatable bonds is 0. The molecule has 0 heterocycles. The van der Waals surface area contributed by atoms with E-state index in [9.17, 15) is 5.11 Å². The summed E-state index contributed by atoms with van der Waals surface area (Å²) in [6.07, 6.45) is 9.41.